The molecule has 0 aliphatic carbocycles. The van der Waals surface area contributed by atoms with Crippen molar-refractivity contribution in [3.8, 4) is 5.75 Å². The predicted molar refractivity (Wildman–Crippen MR) is 84.9 cm³/mol. The summed E-state index contributed by atoms with van der Waals surface area (Å²) in [6.45, 7) is 3.27. The fourth-order valence-corrected chi connectivity index (χ4v) is 4.58. The molecule has 2 aliphatic heterocycles. The summed E-state index contributed by atoms with van der Waals surface area (Å²) in [4.78, 5) is 36.8. The number of benzene rings is 1. The number of carbonyl (C=O) groups is 3. The van der Waals surface area contributed by atoms with E-state index in [0.29, 0.717) is 5.75 Å². The minimum Gasteiger partial charge on any atom is -1.00 e. The first-order valence-electron chi connectivity index (χ1n) is 7.40. The van der Waals surface area contributed by atoms with Gasteiger partial charge in [0.2, 0.25) is 5.91 Å². The Kier molecular flexibility index (Phi) is 7.80. The first kappa shape index (κ1) is 23.0. The van der Waals surface area contributed by atoms with E-state index in [1.807, 2.05) is 0 Å². The summed E-state index contributed by atoms with van der Waals surface area (Å²) < 4.78 is 4.65. The third-order valence-electron chi connectivity index (χ3n) is 4.04. The van der Waals surface area contributed by atoms with E-state index < -0.39 is 40.0 Å². The molecule has 0 unspecified atom stereocenters. The molecule has 10 heteroatoms. The second-order valence-electron chi connectivity index (χ2n) is 6.15. The first-order valence-corrected chi connectivity index (χ1v) is 8.28. The maximum Gasteiger partial charge on any atom is 2.00 e. The third kappa shape index (κ3) is 4.28. The number of nitrogens with zero attached hydrogens (tertiary/aromatic N) is 1. The summed E-state index contributed by atoms with van der Waals surface area (Å²) in [5.41, 5.74) is 0. The second-order valence-corrected chi connectivity index (χ2v) is 7.92. The van der Waals surface area contributed by atoms with Crippen LogP contribution in [-0.4, -0.2) is 51.5 Å². The number of rotatable bonds is 5. The van der Waals surface area contributed by atoms with Gasteiger partial charge in [-0.05, 0) is 13.8 Å². The number of carbonyl (C=O) groups excluding carboxylic acids is 3. The van der Waals surface area contributed by atoms with Gasteiger partial charge in [0, 0.05) is 10.5 Å². The molecule has 136 valence electrons. The van der Waals surface area contributed by atoms with Crippen molar-refractivity contribution in [2.45, 2.75) is 36.1 Å². The number of halogens is 1. The molecule has 1 aromatic carbocycles. The topological polar surface area (TPSA) is 98.8 Å². The van der Waals surface area contributed by atoms with Crippen molar-refractivity contribution in [2.24, 2.45) is 0 Å². The molecule has 2 fully saturated rings. The molecule has 1 N–H and O–H groups in total. The minimum absolute atomic E-state index is 0. The normalized spacial score (nSPS) is 25.1. The number of aliphatic carboxylic acids is 1. The number of β-lactam (4-membered cyclic amide) rings is 1. The van der Waals surface area contributed by atoms with Gasteiger partial charge in [-0.2, -0.15) is 18.2 Å². The number of amides is 2. The van der Waals surface area contributed by atoms with E-state index >= 15 is 0 Å². The molecule has 1 aromatic rings. The number of ether oxygens (including phenoxy) is 1. The van der Waals surface area contributed by atoms with Crippen LogP contribution in [-0.2, 0) is 42.1 Å². The number of carboxylic acids is 1. The predicted octanol–water partition coefficient (Wildman–Crippen LogP) is -3.72. The monoisotopic (exact) mass is 586 g/mol. The van der Waals surface area contributed by atoms with Crippen LogP contribution < -0.4 is 27.6 Å². The summed E-state index contributed by atoms with van der Waals surface area (Å²) in [6.07, 6.45) is 0. The number of hydrogen-bond donors (Lipinski definition) is 1. The summed E-state index contributed by atoms with van der Waals surface area (Å²) >= 11 is 1.35. The van der Waals surface area contributed by atoms with Gasteiger partial charge in [-0.25, -0.2) is 0 Å². The molecule has 2 heterocycles. The fourth-order valence-electron chi connectivity index (χ4n) is 2.96. The molecule has 2 saturated heterocycles. The summed E-state index contributed by atoms with van der Waals surface area (Å²) in [7, 11) is 0. The smallest absolute Gasteiger partial charge is 1.00 e. The van der Waals surface area contributed by atoms with Crippen LogP contribution in [0.25, 0.3) is 0 Å². The van der Waals surface area contributed by atoms with E-state index in [-0.39, 0.29) is 48.1 Å². The zero-order chi connectivity index (χ0) is 17.5. The first-order chi connectivity index (χ1) is 11.3. The van der Waals surface area contributed by atoms with Crippen molar-refractivity contribution < 1.29 is 65.7 Å². The molecule has 0 saturated carbocycles. The van der Waals surface area contributed by atoms with Gasteiger partial charge in [-0.15, -0.1) is 23.9 Å². The van der Waals surface area contributed by atoms with Crippen molar-refractivity contribution in [1.82, 2.24) is 10.2 Å². The van der Waals surface area contributed by atoms with E-state index in [2.05, 4.69) is 11.4 Å². The quantitative estimate of drug-likeness (QED) is 0.217. The van der Waals surface area contributed by atoms with Crippen LogP contribution in [0.5, 0.6) is 5.75 Å². The molecule has 0 bridgehead atoms. The number of hydrogen-bond acceptors (Lipinski definition) is 6. The molecule has 0 aromatic heterocycles. The molecule has 0 spiro atoms. The molecular formula is C16H17ClHgN2O5S. The van der Waals surface area contributed by atoms with Crippen LogP contribution in [0.2, 0.25) is 0 Å². The number of fused-ring (bicyclic) bond motifs is 1. The van der Waals surface area contributed by atoms with Crippen LogP contribution in [0.15, 0.2) is 24.3 Å². The van der Waals surface area contributed by atoms with Gasteiger partial charge in [0.15, 0.2) is 6.61 Å². The average Bonchev–Trinajstić information content (AvgIpc) is 2.80. The molecule has 7 nitrogen and oxygen atoms in total. The minimum atomic E-state index is -1.28. The molecule has 26 heavy (non-hydrogen) atoms. The zero-order valence-electron chi connectivity index (χ0n) is 15.2. The number of thioether (sulfide) groups is 1. The van der Waals surface area contributed by atoms with Crippen LogP contribution in [0.3, 0.4) is 0 Å². The van der Waals surface area contributed by atoms with Gasteiger partial charge in [-0.1, -0.05) is 0 Å². The van der Waals surface area contributed by atoms with Gasteiger partial charge in [0.05, 0.1) is 12.0 Å². The standard InChI is InChI=1S/C16H17N2O5S.ClH.Hg/c1-16(2)12(15(21)22)18-13(20)11(14(18)24-16)17-10(19)8-23-9-6-4-3-5-7-9;;/h4-7,11-12,14H,8H2,1-2H3,(H,17,19)(H,21,22);1H;/q-1;;+2/p-1/t11-,12+,14-;;/m1../s1. The molecule has 2 amide bonds. The van der Waals surface area contributed by atoms with E-state index in [1.165, 1.54) is 16.7 Å². The van der Waals surface area contributed by atoms with Crippen LogP contribution in [0.1, 0.15) is 15.3 Å². The van der Waals surface area contributed by atoms with Crippen molar-refractivity contribution in [1.29, 1.82) is 0 Å². The Morgan fingerprint density at radius 3 is 2.62 bits per heavy atom. The van der Waals surface area contributed by atoms with Gasteiger partial charge < -0.3 is 37.3 Å². The largest absolute Gasteiger partial charge is 2.00 e. The van der Waals surface area contributed by atoms with Crippen LogP contribution in [0, 0.1) is 6.07 Å². The molecular weight excluding hydrogens is 568 g/mol. The van der Waals surface area contributed by atoms with E-state index in [9.17, 15) is 19.5 Å². The van der Waals surface area contributed by atoms with Gasteiger partial charge in [-0.3, -0.25) is 9.59 Å². The van der Waals surface area contributed by atoms with Crippen molar-refractivity contribution in [3.05, 3.63) is 30.3 Å². The van der Waals surface area contributed by atoms with Gasteiger partial charge in [0.1, 0.15) is 11.4 Å². The Morgan fingerprint density at radius 2 is 2.04 bits per heavy atom. The van der Waals surface area contributed by atoms with E-state index in [0.717, 1.165) is 0 Å². The maximum atomic E-state index is 12.2. The Labute approximate surface area is 183 Å². The Balaban J connectivity index is 0.00000225. The van der Waals surface area contributed by atoms with E-state index in [4.69, 9.17) is 4.74 Å². The number of carboxylic acid groups (broad SMARTS) is 1. The van der Waals surface area contributed by atoms with Crippen molar-refractivity contribution in [2.75, 3.05) is 6.61 Å². The third-order valence-corrected chi connectivity index (χ3v) is 5.61. The summed E-state index contributed by atoms with van der Waals surface area (Å²) in [5, 5.41) is 13.5. The Hall–Kier alpha value is -0.995. The Bertz CT molecular complexity index is 697. The Morgan fingerprint density at radius 1 is 1.42 bits per heavy atom. The van der Waals surface area contributed by atoms with Crippen molar-refractivity contribution in [3.63, 3.8) is 0 Å². The fraction of sp³-hybridized carbons (Fsp3) is 0.438. The SMILES string of the molecule is CC1(C)S[C@@H]2[C@H](NC(=O)COc3cc[c-]cc3)C(=O)N2[C@H]1C(=O)[O-].[Cl-].[H+].[Hg+2]. The zero-order valence-corrected chi connectivity index (χ0v) is 21.3. The van der Waals surface area contributed by atoms with Gasteiger partial charge in [0.25, 0.3) is 5.91 Å². The summed E-state index contributed by atoms with van der Waals surface area (Å²) in [6, 6.07) is 7.77. The second kappa shape index (κ2) is 8.80. The maximum absolute atomic E-state index is 12.2. The van der Waals surface area contributed by atoms with Crippen molar-refractivity contribution >= 4 is 29.5 Å². The summed E-state index contributed by atoms with van der Waals surface area (Å²) in [5.74, 6) is -1.60. The number of nitrogens with one attached hydrogen (secondary N) is 1. The van der Waals surface area contributed by atoms with E-state index in [1.54, 1.807) is 38.1 Å². The molecule has 3 atom stereocenters. The molecule has 3 rings (SSSR count). The van der Waals surface area contributed by atoms with Crippen LogP contribution >= 0.6 is 11.8 Å². The van der Waals surface area contributed by atoms with Crippen LogP contribution in [0.4, 0.5) is 0 Å². The average molecular weight is 585 g/mol. The molecule has 0 radical (unpaired) electrons. The van der Waals surface area contributed by atoms with Gasteiger partial charge >= 0.3 is 29.1 Å². The molecule has 2 aliphatic rings.